The average molecular weight is 279 g/mol. The van der Waals surface area contributed by atoms with Gasteiger partial charge in [0.2, 0.25) is 0 Å². The van der Waals surface area contributed by atoms with E-state index in [2.05, 4.69) is 51.2 Å². The molecule has 1 aliphatic rings. The van der Waals surface area contributed by atoms with Gasteiger partial charge >= 0.3 is 0 Å². The van der Waals surface area contributed by atoms with Crippen molar-refractivity contribution in [1.82, 2.24) is 5.32 Å². The Morgan fingerprint density at radius 1 is 1.32 bits per heavy atom. The van der Waals surface area contributed by atoms with Crippen molar-refractivity contribution in [2.75, 3.05) is 7.05 Å². The van der Waals surface area contributed by atoms with Crippen molar-refractivity contribution in [3.63, 3.8) is 0 Å². The summed E-state index contributed by atoms with van der Waals surface area (Å²) in [4.78, 5) is 1.03. The van der Waals surface area contributed by atoms with Gasteiger partial charge in [-0.15, -0.1) is 0 Å². The molecular weight excluding hydrogens is 254 g/mol. The molecule has 0 spiro atoms. The highest BCUT2D eigenvalue weighted by Gasteiger charge is 2.37. The smallest absolute Gasteiger partial charge is 0.0589 e. The molecule has 1 aromatic carbocycles. The van der Waals surface area contributed by atoms with Crippen molar-refractivity contribution >= 4 is 10.8 Å². The third-order valence-electron chi connectivity index (χ3n) is 3.96. The summed E-state index contributed by atoms with van der Waals surface area (Å²) in [5.74, 6) is 0. The zero-order chi connectivity index (χ0) is 14.2. The van der Waals surface area contributed by atoms with E-state index in [0.717, 1.165) is 17.7 Å². The van der Waals surface area contributed by atoms with Gasteiger partial charge < -0.3 is 5.32 Å². The van der Waals surface area contributed by atoms with Crippen molar-refractivity contribution in [3.05, 3.63) is 29.3 Å². The summed E-state index contributed by atoms with van der Waals surface area (Å²) < 4.78 is 12.6. The average Bonchev–Trinajstić information content (AvgIpc) is 2.61. The minimum atomic E-state index is -0.863. The van der Waals surface area contributed by atoms with E-state index in [0.29, 0.717) is 0 Å². The maximum Gasteiger partial charge on any atom is 0.0589 e. The molecule has 1 heterocycles. The van der Waals surface area contributed by atoms with Gasteiger partial charge in [0, 0.05) is 10.9 Å². The van der Waals surface area contributed by atoms with E-state index in [1.807, 2.05) is 7.05 Å². The van der Waals surface area contributed by atoms with Crippen molar-refractivity contribution in [3.8, 4) is 0 Å². The molecule has 0 amide bonds. The number of benzene rings is 1. The predicted molar refractivity (Wildman–Crippen MR) is 82.0 cm³/mol. The minimum absolute atomic E-state index is 0.137. The summed E-state index contributed by atoms with van der Waals surface area (Å²) in [5, 5.41) is 3.59. The normalized spacial score (nSPS) is 26.5. The predicted octanol–water partition coefficient (Wildman–Crippen LogP) is 3.53. The molecule has 2 nitrogen and oxygen atoms in total. The molecule has 0 radical (unpaired) electrons. The molecule has 1 N–H and O–H groups in total. The quantitative estimate of drug-likeness (QED) is 0.917. The van der Waals surface area contributed by atoms with Gasteiger partial charge in [0.25, 0.3) is 0 Å². The summed E-state index contributed by atoms with van der Waals surface area (Å²) in [6.45, 7) is 8.82. The third-order valence-corrected chi connectivity index (χ3v) is 5.82. The lowest BCUT2D eigenvalue weighted by molar-refractivity contribution is 0.531. The first-order valence-electron chi connectivity index (χ1n) is 7.12. The van der Waals surface area contributed by atoms with E-state index in [1.165, 1.54) is 11.1 Å². The van der Waals surface area contributed by atoms with Gasteiger partial charge in [-0.3, -0.25) is 4.21 Å². The maximum absolute atomic E-state index is 12.6. The highest BCUT2D eigenvalue weighted by Crippen LogP contribution is 2.40. The summed E-state index contributed by atoms with van der Waals surface area (Å²) in [6.07, 6.45) is 2.09. The Morgan fingerprint density at radius 3 is 2.53 bits per heavy atom. The summed E-state index contributed by atoms with van der Waals surface area (Å²) in [6, 6.07) is 6.70. The molecule has 0 saturated carbocycles. The van der Waals surface area contributed by atoms with E-state index in [9.17, 15) is 4.21 Å². The van der Waals surface area contributed by atoms with Crippen LogP contribution in [0.3, 0.4) is 0 Å². The number of fused-ring (bicyclic) bond motifs is 1. The number of nitrogens with one attached hydrogen (secondary N) is 1. The third kappa shape index (κ3) is 2.63. The summed E-state index contributed by atoms with van der Waals surface area (Å²) >= 11 is 0. The lowest BCUT2D eigenvalue weighted by Crippen LogP contribution is -2.27. The van der Waals surface area contributed by atoms with Gasteiger partial charge in [0.15, 0.2) is 0 Å². The zero-order valence-corrected chi connectivity index (χ0v) is 13.4. The molecule has 3 unspecified atom stereocenters. The fourth-order valence-corrected chi connectivity index (χ4v) is 4.75. The Bertz CT molecular complexity index is 490. The van der Waals surface area contributed by atoms with Gasteiger partial charge in [-0.25, -0.2) is 0 Å². The maximum atomic E-state index is 12.6. The van der Waals surface area contributed by atoms with E-state index in [4.69, 9.17) is 0 Å². The topological polar surface area (TPSA) is 29.1 Å². The first kappa shape index (κ1) is 14.7. The Labute approximate surface area is 119 Å². The van der Waals surface area contributed by atoms with Crippen LogP contribution in [0.1, 0.15) is 57.7 Å². The molecule has 1 aromatic rings. The van der Waals surface area contributed by atoms with Crippen molar-refractivity contribution in [2.45, 2.75) is 62.1 Å². The molecule has 0 saturated heterocycles. The van der Waals surface area contributed by atoms with Crippen molar-refractivity contribution in [1.29, 1.82) is 0 Å². The van der Waals surface area contributed by atoms with Crippen LogP contribution >= 0.6 is 0 Å². The number of hydrogen-bond acceptors (Lipinski definition) is 2. The first-order chi connectivity index (χ1) is 8.90. The zero-order valence-electron chi connectivity index (χ0n) is 12.6. The van der Waals surface area contributed by atoms with E-state index in [-0.39, 0.29) is 16.7 Å². The van der Waals surface area contributed by atoms with Gasteiger partial charge in [-0.2, -0.15) is 0 Å². The number of hydrogen-bond donors (Lipinski definition) is 1. The molecular formula is C16H25NOS. The molecule has 106 valence electrons. The second kappa shape index (κ2) is 5.37. The Balaban J connectivity index is 2.46. The summed E-state index contributed by atoms with van der Waals surface area (Å²) in [7, 11) is 1.11. The largest absolute Gasteiger partial charge is 0.312 e. The van der Waals surface area contributed by atoms with Crippen molar-refractivity contribution < 1.29 is 4.21 Å². The molecule has 0 fully saturated rings. The van der Waals surface area contributed by atoms with Crippen LogP contribution in [0.4, 0.5) is 0 Å². The lowest BCUT2D eigenvalue weighted by atomic mass is 9.85. The SMILES string of the molecule is CCCC1C(NC)c2cc(C(C)(C)C)ccc2S1=O. The fraction of sp³-hybridized carbons (Fsp3) is 0.625. The molecule has 19 heavy (non-hydrogen) atoms. The molecule has 0 aliphatic carbocycles. The van der Waals surface area contributed by atoms with Crippen LogP contribution in [-0.4, -0.2) is 16.5 Å². The molecule has 0 bridgehead atoms. The van der Waals surface area contributed by atoms with E-state index < -0.39 is 10.8 Å². The van der Waals surface area contributed by atoms with Gasteiger partial charge in [-0.05, 0) is 36.1 Å². The minimum Gasteiger partial charge on any atom is -0.312 e. The lowest BCUT2D eigenvalue weighted by Gasteiger charge is -2.22. The van der Waals surface area contributed by atoms with Crippen molar-refractivity contribution in [2.24, 2.45) is 0 Å². The van der Waals surface area contributed by atoms with Crippen LogP contribution in [0, 0.1) is 0 Å². The molecule has 1 aliphatic heterocycles. The monoisotopic (exact) mass is 279 g/mol. The van der Waals surface area contributed by atoms with Gasteiger partial charge in [0.1, 0.15) is 0 Å². The molecule has 3 heteroatoms. The van der Waals surface area contributed by atoms with Gasteiger partial charge in [-0.1, -0.05) is 46.2 Å². The number of rotatable bonds is 3. The highest BCUT2D eigenvalue weighted by molar-refractivity contribution is 7.86. The van der Waals surface area contributed by atoms with Crippen LogP contribution in [0.15, 0.2) is 23.1 Å². The standard InChI is InChI=1S/C16H25NOS/c1-6-7-14-15(17-5)12-10-11(16(2,3)4)8-9-13(12)19(14)18/h8-10,14-15,17H,6-7H2,1-5H3. The van der Waals surface area contributed by atoms with E-state index in [1.54, 1.807) is 0 Å². The Hall–Kier alpha value is -0.670. The summed E-state index contributed by atoms with van der Waals surface area (Å²) in [5.41, 5.74) is 2.70. The molecule has 2 rings (SSSR count). The second-order valence-electron chi connectivity index (χ2n) is 6.39. The second-order valence-corrected chi connectivity index (χ2v) is 8.03. The van der Waals surface area contributed by atoms with Crippen LogP contribution in [0.2, 0.25) is 0 Å². The van der Waals surface area contributed by atoms with Crippen LogP contribution in [0.5, 0.6) is 0 Å². The molecule has 3 atom stereocenters. The van der Waals surface area contributed by atoms with Crippen LogP contribution < -0.4 is 5.32 Å². The first-order valence-corrected chi connectivity index (χ1v) is 8.33. The van der Waals surface area contributed by atoms with E-state index >= 15 is 0 Å². The Morgan fingerprint density at radius 2 is 2.00 bits per heavy atom. The Kier molecular flexibility index (Phi) is 4.17. The van der Waals surface area contributed by atoms with Gasteiger partial charge in [0.05, 0.1) is 16.0 Å². The molecule has 0 aromatic heterocycles. The highest BCUT2D eigenvalue weighted by atomic mass is 32.2. The fourth-order valence-electron chi connectivity index (χ4n) is 2.83. The van der Waals surface area contributed by atoms with Crippen LogP contribution in [-0.2, 0) is 16.2 Å². The van der Waals surface area contributed by atoms with Crippen LogP contribution in [0.25, 0.3) is 0 Å².